The lowest BCUT2D eigenvalue weighted by atomic mass is 9.82. The number of nitrogens with one attached hydrogen (secondary N) is 1. The molecule has 0 radical (unpaired) electrons. The molecule has 1 nitrogen and oxygen atoms in total. The van der Waals surface area contributed by atoms with E-state index in [0.717, 1.165) is 17.9 Å². The van der Waals surface area contributed by atoms with Gasteiger partial charge in [-0.2, -0.15) is 0 Å². The molecule has 0 bridgehead atoms. The molecule has 0 amide bonds. The third-order valence-corrected chi connectivity index (χ3v) is 5.38. The topological polar surface area (TPSA) is 12.0 Å². The van der Waals surface area contributed by atoms with Gasteiger partial charge in [-0.1, -0.05) is 50.1 Å². The number of benzene rings is 1. The fourth-order valence-electron chi connectivity index (χ4n) is 3.86. The highest BCUT2D eigenvalue weighted by Gasteiger charge is 2.34. The van der Waals surface area contributed by atoms with E-state index in [2.05, 4.69) is 42.6 Å². The van der Waals surface area contributed by atoms with Crippen molar-refractivity contribution in [2.24, 2.45) is 11.8 Å². The summed E-state index contributed by atoms with van der Waals surface area (Å²) in [6, 6.07) is 11.7. The Morgan fingerprint density at radius 3 is 2.60 bits per heavy atom. The fourth-order valence-corrected chi connectivity index (χ4v) is 3.86. The molecule has 2 aliphatic carbocycles. The van der Waals surface area contributed by atoms with E-state index >= 15 is 0 Å². The van der Waals surface area contributed by atoms with Gasteiger partial charge in [0.2, 0.25) is 0 Å². The lowest BCUT2D eigenvalue weighted by Crippen LogP contribution is -2.35. The second-order valence-electron chi connectivity index (χ2n) is 7.02. The lowest BCUT2D eigenvalue weighted by molar-refractivity contribution is 0.260. The van der Waals surface area contributed by atoms with Gasteiger partial charge in [0.05, 0.1) is 0 Å². The van der Waals surface area contributed by atoms with Crippen molar-refractivity contribution in [3.63, 3.8) is 0 Å². The first-order valence-corrected chi connectivity index (χ1v) is 8.61. The minimum absolute atomic E-state index is 0.673. The van der Waals surface area contributed by atoms with E-state index in [-0.39, 0.29) is 0 Å². The van der Waals surface area contributed by atoms with E-state index in [1.54, 1.807) is 0 Å². The van der Waals surface area contributed by atoms with Crippen molar-refractivity contribution in [2.75, 3.05) is 6.54 Å². The van der Waals surface area contributed by atoms with Gasteiger partial charge in [0.25, 0.3) is 0 Å². The Balaban J connectivity index is 1.38. The van der Waals surface area contributed by atoms with Crippen molar-refractivity contribution in [3.05, 3.63) is 35.9 Å². The Kier molecular flexibility index (Phi) is 4.77. The molecule has 1 aromatic carbocycles. The molecule has 1 aromatic rings. The molecule has 3 rings (SSSR count). The first-order valence-electron chi connectivity index (χ1n) is 8.61. The summed E-state index contributed by atoms with van der Waals surface area (Å²) in [5.41, 5.74) is 1.48. The zero-order valence-electron chi connectivity index (χ0n) is 12.9. The molecular formula is C19H29N. The zero-order valence-corrected chi connectivity index (χ0v) is 12.9. The Morgan fingerprint density at radius 1 is 1.05 bits per heavy atom. The van der Waals surface area contributed by atoms with Crippen molar-refractivity contribution in [1.29, 1.82) is 0 Å². The van der Waals surface area contributed by atoms with E-state index in [1.807, 2.05) is 0 Å². The molecule has 0 saturated heterocycles. The van der Waals surface area contributed by atoms with Crippen molar-refractivity contribution < 1.29 is 0 Å². The van der Waals surface area contributed by atoms with Crippen LogP contribution in [0.15, 0.2) is 30.3 Å². The van der Waals surface area contributed by atoms with Crippen molar-refractivity contribution in [3.8, 4) is 0 Å². The highest BCUT2D eigenvalue weighted by Crippen LogP contribution is 2.43. The van der Waals surface area contributed by atoms with Crippen LogP contribution in [0.1, 0.15) is 63.4 Å². The maximum atomic E-state index is 3.83. The molecule has 1 heteroatoms. The summed E-state index contributed by atoms with van der Waals surface area (Å²) in [6.07, 6.45) is 10.1. The average molecular weight is 271 g/mol. The minimum atomic E-state index is 0.673. The molecule has 2 fully saturated rings. The van der Waals surface area contributed by atoms with Crippen LogP contribution in [0, 0.1) is 11.8 Å². The van der Waals surface area contributed by atoms with E-state index in [9.17, 15) is 0 Å². The van der Waals surface area contributed by atoms with Gasteiger partial charge in [-0.25, -0.2) is 0 Å². The van der Waals surface area contributed by atoms with Crippen LogP contribution in [0.4, 0.5) is 0 Å². The van der Waals surface area contributed by atoms with Crippen LogP contribution in [0.2, 0.25) is 0 Å². The normalized spacial score (nSPS) is 28.2. The monoisotopic (exact) mass is 271 g/mol. The van der Waals surface area contributed by atoms with Gasteiger partial charge in [-0.15, -0.1) is 0 Å². The summed E-state index contributed by atoms with van der Waals surface area (Å²) in [7, 11) is 0. The quantitative estimate of drug-likeness (QED) is 0.788. The zero-order chi connectivity index (χ0) is 13.8. The van der Waals surface area contributed by atoms with Gasteiger partial charge in [0.15, 0.2) is 0 Å². The van der Waals surface area contributed by atoms with Gasteiger partial charge in [0, 0.05) is 6.04 Å². The van der Waals surface area contributed by atoms with Crippen LogP contribution in [-0.2, 0) is 0 Å². The molecule has 20 heavy (non-hydrogen) atoms. The van der Waals surface area contributed by atoms with Gasteiger partial charge >= 0.3 is 0 Å². The molecule has 3 unspecified atom stereocenters. The highest BCUT2D eigenvalue weighted by molar-refractivity contribution is 5.18. The highest BCUT2D eigenvalue weighted by atomic mass is 14.9. The largest absolute Gasteiger partial charge is 0.314 e. The van der Waals surface area contributed by atoms with Gasteiger partial charge in [-0.3, -0.25) is 0 Å². The summed E-state index contributed by atoms with van der Waals surface area (Å²) in [5, 5.41) is 3.83. The van der Waals surface area contributed by atoms with E-state index < -0.39 is 0 Å². The number of rotatable bonds is 6. The van der Waals surface area contributed by atoms with Crippen LogP contribution in [0.3, 0.4) is 0 Å². The third kappa shape index (κ3) is 3.85. The standard InChI is InChI=1S/C19H29N/c1-15(16-6-3-2-4-7-16)12-13-20-19-9-5-8-18(14-19)17-10-11-17/h2-4,6-7,15,17-20H,5,8-14H2,1H3. The number of hydrogen-bond acceptors (Lipinski definition) is 1. The summed E-state index contributed by atoms with van der Waals surface area (Å²) >= 11 is 0. The predicted octanol–water partition coefficient (Wildman–Crippen LogP) is 4.74. The molecule has 0 aromatic heterocycles. The first kappa shape index (κ1) is 14.1. The van der Waals surface area contributed by atoms with Crippen molar-refractivity contribution in [1.82, 2.24) is 5.32 Å². The van der Waals surface area contributed by atoms with Gasteiger partial charge in [0.1, 0.15) is 0 Å². The number of hydrogen-bond donors (Lipinski definition) is 1. The van der Waals surface area contributed by atoms with Gasteiger partial charge in [-0.05, 0) is 62.0 Å². The van der Waals surface area contributed by atoms with E-state index in [4.69, 9.17) is 0 Å². The smallest absolute Gasteiger partial charge is 0.00698 e. The Hall–Kier alpha value is -0.820. The molecule has 2 saturated carbocycles. The molecule has 2 aliphatic rings. The maximum absolute atomic E-state index is 3.83. The van der Waals surface area contributed by atoms with Crippen molar-refractivity contribution in [2.45, 2.75) is 63.8 Å². The van der Waals surface area contributed by atoms with Crippen LogP contribution >= 0.6 is 0 Å². The fraction of sp³-hybridized carbons (Fsp3) is 0.684. The summed E-state index contributed by atoms with van der Waals surface area (Å²) in [4.78, 5) is 0. The molecule has 0 heterocycles. The van der Waals surface area contributed by atoms with E-state index in [0.29, 0.717) is 5.92 Å². The molecule has 3 atom stereocenters. The van der Waals surface area contributed by atoms with Crippen LogP contribution in [0.5, 0.6) is 0 Å². The molecule has 1 N–H and O–H groups in total. The van der Waals surface area contributed by atoms with E-state index in [1.165, 1.54) is 57.1 Å². The Bertz CT molecular complexity index is 395. The predicted molar refractivity (Wildman–Crippen MR) is 85.9 cm³/mol. The molecule has 110 valence electrons. The summed E-state index contributed by atoms with van der Waals surface area (Å²) in [5.74, 6) is 2.82. The summed E-state index contributed by atoms with van der Waals surface area (Å²) in [6.45, 7) is 3.53. The van der Waals surface area contributed by atoms with Crippen LogP contribution in [-0.4, -0.2) is 12.6 Å². The summed E-state index contributed by atoms with van der Waals surface area (Å²) < 4.78 is 0. The van der Waals surface area contributed by atoms with Gasteiger partial charge < -0.3 is 5.32 Å². The second-order valence-corrected chi connectivity index (χ2v) is 7.02. The molecule has 0 aliphatic heterocycles. The Labute approximate surface area is 124 Å². The lowest BCUT2D eigenvalue weighted by Gasteiger charge is -2.30. The maximum Gasteiger partial charge on any atom is 0.00698 e. The van der Waals surface area contributed by atoms with Crippen LogP contribution < -0.4 is 5.32 Å². The van der Waals surface area contributed by atoms with Crippen molar-refractivity contribution >= 4 is 0 Å². The Morgan fingerprint density at radius 2 is 1.85 bits per heavy atom. The third-order valence-electron chi connectivity index (χ3n) is 5.38. The second kappa shape index (κ2) is 6.76. The minimum Gasteiger partial charge on any atom is -0.314 e. The molecule has 0 spiro atoms. The average Bonchev–Trinajstić information content (AvgIpc) is 3.33. The first-order chi connectivity index (χ1) is 9.83. The van der Waals surface area contributed by atoms with Crippen LogP contribution in [0.25, 0.3) is 0 Å². The SMILES string of the molecule is CC(CCNC1CCCC(C2CC2)C1)c1ccccc1. The molecular weight excluding hydrogens is 242 g/mol.